The summed E-state index contributed by atoms with van der Waals surface area (Å²) in [5, 5.41) is 0. The van der Waals surface area contributed by atoms with Crippen molar-refractivity contribution in [2.75, 3.05) is 20.1 Å². The lowest BCUT2D eigenvalue weighted by Crippen LogP contribution is -2.17. The molecule has 1 fully saturated rings. The number of nitrogens with zero attached hydrogens (tertiary/aromatic N) is 2. The van der Waals surface area contributed by atoms with Crippen LogP contribution in [0.2, 0.25) is 0 Å². The van der Waals surface area contributed by atoms with Crippen molar-refractivity contribution >= 4 is 0 Å². The molecule has 1 unspecified atom stereocenters. The molecule has 0 amide bonds. The van der Waals surface area contributed by atoms with E-state index >= 15 is 0 Å². The fourth-order valence-corrected chi connectivity index (χ4v) is 2.46. The van der Waals surface area contributed by atoms with Gasteiger partial charge in [0.1, 0.15) is 0 Å². The Morgan fingerprint density at radius 1 is 1.50 bits per heavy atom. The lowest BCUT2D eigenvalue weighted by molar-refractivity contribution is 0.317. The molecule has 1 aliphatic rings. The van der Waals surface area contributed by atoms with Gasteiger partial charge in [-0.15, -0.1) is 0 Å². The Hall–Kier alpha value is -0.930. The number of aromatic nitrogens is 1. The summed E-state index contributed by atoms with van der Waals surface area (Å²) in [5.74, 6) is 0. The zero-order chi connectivity index (χ0) is 11.4. The summed E-state index contributed by atoms with van der Waals surface area (Å²) < 4.78 is 0. The second-order valence-corrected chi connectivity index (χ2v) is 4.66. The highest BCUT2D eigenvalue weighted by molar-refractivity contribution is 5.22. The maximum atomic E-state index is 5.53. The average molecular weight is 219 g/mol. The largest absolute Gasteiger partial charge is 0.330 e. The van der Waals surface area contributed by atoms with Crippen molar-refractivity contribution in [1.82, 2.24) is 9.88 Å². The van der Waals surface area contributed by atoms with Crippen molar-refractivity contribution in [1.29, 1.82) is 0 Å². The van der Waals surface area contributed by atoms with Gasteiger partial charge in [0.2, 0.25) is 0 Å². The van der Waals surface area contributed by atoms with Crippen LogP contribution < -0.4 is 5.73 Å². The molecule has 3 nitrogen and oxygen atoms in total. The van der Waals surface area contributed by atoms with Gasteiger partial charge < -0.3 is 5.73 Å². The molecule has 1 aromatic heterocycles. The highest BCUT2D eigenvalue weighted by Gasteiger charge is 2.22. The number of pyridine rings is 1. The molecule has 88 valence electrons. The first-order chi connectivity index (χ1) is 7.81. The van der Waals surface area contributed by atoms with Crippen LogP contribution in [0.5, 0.6) is 0 Å². The number of hydrogen-bond donors (Lipinski definition) is 1. The van der Waals surface area contributed by atoms with Crippen LogP contribution in [-0.4, -0.2) is 30.0 Å². The van der Waals surface area contributed by atoms with E-state index in [1.807, 2.05) is 12.4 Å². The second kappa shape index (κ2) is 5.41. The summed E-state index contributed by atoms with van der Waals surface area (Å²) in [4.78, 5) is 6.77. The highest BCUT2D eigenvalue weighted by atomic mass is 15.1. The standard InChI is InChI=1S/C13H21N3/c1-16-7-3-5-13(16)12-8-11(4-2-6-14)9-15-10-12/h8-10,13H,2-7,14H2,1H3. The summed E-state index contributed by atoms with van der Waals surface area (Å²) >= 11 is 0. The van der Waals surface area contributed by atoms with Crippen molar-refractivity contribution in [2.24, 2.45) is 5.73 Å². The first-order valence-corrected chi connectivity index (χ1v) is 6.15. The van der Waals surface area contributed by atoms with Gasteiger partial charge in [0, 0.05) is 18.4 Å². The fourth-order valence-electron chi connectivity index (χ4n) is 2.46. The van der Waals surface area contributed by atoms with Gasteiger partial charge >= 0.3 is 0 Å². The molecule has 2 heterocycles. The van der Waals surface area contributed by atoms with Crippen molar-refractivity contribution in [2.45, 2.75) is 31.7 Å². The summed E-state index contributed by atoms with van der Waals surface area (Å²) in [5.41, 5.74) is 8.22. The molecule has 2 N–H and O–H groups in total. The Labute approximate surface area is 97.7 Å². The van der Waals surface area contributed by atoms with E-state index in [0.717, 1.165) is 19.4 Å². The van der Waals surface area contributed by atoms with Crippen molar-refractivity contribution in [3.05, 3.63) is 29.6 Å². The summed E-state index contributed by atoms with van der Waals surface area (Å²) in [7, 11) is 2.20. The van der Waals surface area contributed by atoms with Crippen LogP contribution in [-0.2, 0) is 6.42 Å². The maximum Gasteiger partial charge on any atom is 0.0360 e. The van der Waals surface area contributed by atoms with E-state index in [4.69, 9.17) is 5.73 Å². The van der Waals surface area contributed by atoms with Crippen LogP contribution in [0.15, 0.2) is 18.5 Å². The van der Waals surface area contributed by atoms with E-state index in [2.05, 4.69) is 23.0 Å². The third-order valence-electron chi connectivity index (χ3n) is 3.39. The molecule has 0 bridgehead atoms. The zero-order valence-electron chi connectivity index (χ0n) is 10.0. The van der Waals surface area contributed by atoms with Gasteiger partial charge in [-0.05, 0) is 56.9 Å². The Kier molecular flexibility index (Phi) is 3.91. The summed E-state index contributed by atoms with van der Waals surface area (Å²) in [6.45, 7) is 1.96. The minimum absolute atomic E-state index is 0.574. The van der Waals surface area contributed by atoms with E-state index in [0.29, 0.717) is 6.04 Å². The molecule has 3 heteroatoms. The Morgan fingerprint density at radius 3 is 3.06 bits per heavy atom. The van der Waals surface area contributed by atoms with Gasteiger partial charge in [0.05, 0.1) is 0 Å². The first kappa shape index (κ1) is 11.6. The van der Waals surface area contributed by atoms with Gasteiger partial charge in [0.25, 0.3) is 0 Å². The monoisotopic (exact) mass is 219 g/mol. The average Bonchev–Trinajstić information content (AvgIpc) is 2.73. The quantitative estimate of drug-likeness (QED) is 0.838. The highest BCUT2D eigenvalue weighted by Crippen LogP contribution is 2.30. The Balaban J connectivity index is 2.09. The number of rotatable bonds is 4. The lowest BCUT2D eigenvalue weighted by atomic mass is 10.0. The number of aryl methyl sites for hydroxylation is 1. The molecule has 16 heavy (non-hydrogen) atoms. The minimum atomic E-state index is 0.574. The predicted molar refractivity (Wildman–Crippen MR) is 66.2 cm³/mol. The van der Waals surface area contributed by atoms with E-state index in [1.54, 1.807) is 0 Å². The molecular weight excluding hydrogens is 198 g/mol. The number of likely N-dealkylation sites (tertiary alicyclic amines) is 1. The lowest BCUT2D eigenvalue weighted by Gasteiger charge is -2.19. The molecule has 1 saturated heterocycles. The third kappa shape index (κ3) is 2.60. The summed E-state index contributed by atoms with van der Waals surface area (Å²) in [6, 6.07) is 2.88. The van der Waals surface area contributed by atoms with Crippen LogP contribution >= 0.6 is 0 Å². The minimum Gasteiger partial charge on any atom is -0.330 e. The van der Waals surface area contributed by atoms with E-state index in [-0.39, 0.29) is 0 Å². The van der Waals surface area contributed by atoms with Crippen LogP contribution in [0.3, 0.4) is 0 Å². The summed E-state index contributed by atoms with van der Waals surface area (Å²) in [6.07, 6.45) is 8.64. The molecule has 0 saturated carbocycles. The predicted octanol–water partition coefficient (Wildman–Crippen LogP) is 1.74. The second-order valence-electron chi connectivity index (χ2n) is 4.66. The molecule has 1 atom stereocenters. The van der Waals surface area contributed by atoms with Gasteiger partial charge in [-0.3, -0.25) is 9.88 Å². The van der Waals surface area contributed by atoms with E-state index < -0.39 is 0 Å². The maximum absolute atomic E-state index is 5.53. The smallest absolute Gasteiger partial charge is 0.0360 e. The van der Waals surface area contributed by atoms with Gasteiger partial charge in [-0.1, -0.05) is 6.07 Å². The van der Waals surface area contributed by atoms with Gasteiger partial charge in [-0.2, -0.15) is 0 Å². The molecule has 1 aliphatic heterocycles. The van der Waals surface area contributed by atoms with Crippen LogP contribution in [0.25, 0.3) is 0 Å². The first-order valence-electron chi connectivity index (χ1n) is 6.15. The topological polar surface area (TPSA) is 42.2 Å². The van der Waals surface area contributed by atoms with Crippen LogP contribution in [0, 0.1) is 0 Å². The Morgan fingerprint density at radius 2 is 2.38 bits per heavy atom. The van der Waals surface area contributed by atoms with Gasteiger partial charge in [-0.25, -0.2) is 0 Å². The third-order valence-corrected chi connectivity index (χ3v) is 3.39. The zero-order valence-corrected chi connectivity index (χ0v) is 10.0. The Bertz CT molecular complexity index is 338. The van der Waals surface area contributed by atoms with Crippen molar-refractivity contribution in [3.63, 3.8) is 0 Å². The SMILES string of the molecule is CN1CCCC1c1cncc(CCCN)c1. The van der Waals surface area contributed by atoms with E-state index in [1.165, 1.54) is 30.5 Å². The number of nitrogens with two attached hydrogens (primary N) is 1. The fraction of sp³-hybridized carbons (Fsp3) is 0.615. The molecule has 1 aromatic rings. The molecule has 0 radical (unpaired) electrons. The molecule has 2 rings (SSSR count). The van der Waals surface area contributed by atoms with Crippen LogP contribution in [0.1, 0.15) is 36.4 Å². The molecule has 0 spiro atoms. The number of hydrogen-bond acceptors (Lipinski definition) is 3. The van der Waals surface area contributed by atoms with E-state index in [9.17, 15) is 0 Å². The molecule has 0 aromatic carbocycles. The normalized spacial score (nSPS) is 21.5. The van der Waals surface area contributed by atoms with Crippen molar-refractivity contribution in [3.8, 4) is 0 Å². The molecule has 0 aliphatic carbocycles. The van der Waals surface area contributed by atoms with Crippen LogP contribution in [0.4, 0.5) is 0 Å². The van der Waals surface area contributed by atoms with Crippen molar-refractivity contribution < 1.29 is 0 Å². The molecular formula is C13H21N3. The van der Waals surface area contributed by atoms with Gasteiger partial charge in [0.15, 0.2) is 0 Å².